The minimum Gasteiger partial charge on any atom is -0.393 e. The molecule has 0 heterocycles. The Balaban J connectivity index is 1.60. The molecular formula is C30H48O2. The summed E-state index contributed by atoms with van der Waals surface area (Å²) in [7, 11) is 0. The summed E-state index contributed by atoms with van der Waals surface area (Å²) in [6.07, 6.45) is 12.6. The SMILES string of the molecule is CC1(C)C=C2[C@H]3CC[C@@H]4[C@@]5(C)CCC(=O)C(C)(C)[C@@H]5[C@H](O)C[C@@]4(C)[C@]3(C)CC[C@@]2(C)CC1. The predicted octanol–water partition coefficient (Wildman–Crippen LogP) is 7.35. The molecule has 0 aromatic carbocycles. The largest absolute Gasteiger partial charge is 0.393 e. The standard InChI is InChI=1S/C30H48O2/c1-25(2)13-14-27(5)15-16-29(7)19(20(27)17-25)9-10-22-28(6)12-11-23(32)26(3,4)24(28)21(31)18-30(22,29)8/h17,19,21-22,24,31H,9-16,18H2,1-8H3/t19-,21-,22-,24+,27-,28-,29-,30-/m1/s1. The molecule has 0 aromatic heterocycles. The van der Waals surface area contributed by atoms with Crippen molar-refractivity contribution in [3.8, 4) is 0 Å². The Kier molecular flexibility index (Phi) is 4.71. The van der Waals surface area contributed by atoms with Gasteiger partial charge >= 0.3 is 0 Å². The zero-order valence-electron chi connectivity index (χ0n) is 22.1. The molecule has 5 rings (SSSR count). The molecule has 32 heavy (non-hydrogen) atoms. The molecule has 2 nitrogen and oxygen atoms in total. The minimum absolute atomic E-state index is 0.0543. The van der Waals surface area contributed by atoms with Crippen LogP contribution in [0.3, 0.4) is 0 Å². The van der Waals surface area contributed by atoms with E-state index in [1.165, 1.54) is 38.5 Å². The molecule has 8 atom stereocenters. The van der Waals surface area contributed by atoms with E-state index < -0.39 is 5.41 Å². The van der Waals surface area contributed by atoms with Crippen molar-refractivity contribution in [3.63, 3.8) is 0 Å². The maximum Gasteiger partial charge on any atom is 0.138 e. The molecule has 5 aliphatic rings. The fourth-order valence-corrected chi connectivity index (χ4v) is 10.6. The van der Waals surface area contributed by atoms with Crippen molar-refractivity contribution in [2.75, 3.05) is 0 Å². The van der Waals surface area contributed by atoms with Gasteiger partial charge in [-0.3, -0.25) is 4.79 Å². The van der Waals surface area contributed by atoms with Gasteiger partial charge in [0.15, 0.2) is 0 Å². The second-order valence-electron chi connectivity index (χ2n) is 15.1. The molecule has 0 unspecified atom stereocenters. The van der Waals surface area contributed by atoms with Crippen LogP contribution in [0.4, 0.5) is 0 Å². The lowest BCUT2D eigenvalue weighted by Gasteiger charge is -2.72. The number of hydrogen-bond acceptors (Lipinski definition) is 2. The van der Waals surface area contributed by atoms with E-state index in [1.54, 1.807) is 5.57 Å². The number of aliphatic hydroxyl groups excluding tert-OH is 1. The topological polar surface area (TPSA) is 37.3 Å². The van der Waals surface area contributed by atoms with Gasteiger partial charge in [0, 0.05) is 17.8 Å². The fraction of sp³-hybridized carbons (Fsp3) is 0.900. The van der Waals surface area contributed by atoms with E-state index in [-0.39, 0.29) is 28.3 Å². The minimum atomic E-state index is -0.410. The summed E-state index contributed by atoms with van der Waals surface area (Å²) in [4.78, 5) is 12.9. The van der Waals surface area contributed by atoms with Gasteiger partial charge < -0.3 is 5.11 Å². The number of hydrogen-bond donors (Lipinski definition) is 1. The first-order valence-corrected chi connectivity index (χ1v) is 13.6. The summed E-state index contributed by atoms with van der Waals surface area (Å²) in [5, 5.41) is 11.7. The van der Waals surface area contributed by atoms with Crippen LogP contribution in [0, 0.1) is 50.2 Å². The van der Waals surface area contributed by atoms with Crippen molar-refractivity contribution in [2.24, 2.45) is 50.2 Å². The van der Waals surface area contributed by atoms with Crippen molar-refractivity contribution in [2.45, 2.75) is 119 Å². The van der Waals surface area contributed by atoms with Crippen LogP contribution in [-0.4, -0.2) is 17.0 Å². The van der Waals surface area contributed by atoms with Gasteiger partial charge in [0.05, 0.1) is 6.10 Å². The molecule has 0 bridgehead atoms. The average Bonchev–Trinajstić information content (AvgIpc) is 2.67. The maximum absolute atomic E-state index is 12.9. The highest BCUT2D eigenvalue weighted by molar-refractivity contribution is 5.85. The zero-order chi connectivity index (χ0) is 23.5. The molecule has 1 N–H and O–H groups in total. The lowest BCUT2D eigenvalue weighted by atomic mass is 9.32. The summed E-state index contributed by atoms with van der Waals surface area (Å²) in [5.74, 6) is 1.70. The van der Waals surface area contributed by atoms with Crippen LogP contribution in [0.1, 0.15) is 113 Å². The number of ketones is 1. The molecule has 2 heteroatoms. The van der Waals surface area contributed by atoms with Gasteiger partial charge in [-0.15, -0.1) is 0 Å². The van der Waals surface area contributed by atoms with Crippen LogP contribution in [0.15, 0.2) is 11.6 Å². The molecule has 4 fully saturated rings. The summed E-state index contributed by atoms with van der Waals surface area (Å²) in [6.45, 7) is 19.2. The Morgan fingerprint density at radius 2 is 1.50 bits per heavy atom. The third-order valence-electron chi connectivity index (χ3n) is 12.6. The van der Waals surface area contributed by atoms with Crippen molar-refractivity contribution in [3.05, 3.63) is 11.6 Å². The van der Waals surface area contributed by atoms with Crippen LogP contribution < -0.4 is 0 Å². The van der Waals surface area contributed by atoms with Gasteiger partial charge in [-0.1, -0.05) is 67.0 Å². The number of fused-ring (bicyclic) bond motifs is 7. The maximum atomic E-state index is 12.9. The fourth-order valence-electron chi connectivity index (χ4n) is 10.6. The number of Topliss-reactive ketones (excluding diaryl/α,β-unsaturated/α-hetero) is 1. The van der Waals surface area contributed by atoms with Gasteiger partial charge in [-0.25, -0.2) is 0 Å². The Hall–Kier alpha value is -0.630. The third-order valence-corrected chi connectivity index (χ3v) is 12.6. The lowest BCUT2D eigenvalue weighted by molar-refractivity contribution is -0.242. The van der Waals surface area contributed by atoms with Crippen LogP contribution in [-0.2, 0) is 4.79 Å². The summed E-state index contributed by atoms with van der Waals surface area (Å²) < 4.78 is 0. The molecule has 5 aliphatic carbocycles. The third kappa shape index (κ3) is 2.71. The molecule has 180 valence electrons. The van der Waals surface area contributed by atoms with Crippen molar-refractivity contribution >= 4 is 5.78 Å². The number of carbonyl (C=O) groups is 1. The average molecular weight is 441 g/mol. The Labute approximate surface area is 197 Å². The van der Waals surface area contributed by atoms with Gasteiger partial charge in [-0.05, 0) is 90.3 Å². The zero-order valence-corrected chi connectivity index (χ0v) is 22.1. The smallest absolute Gasteiger partial charge is 0.138 e. The van der Waals surface area contributed by atoms with E-state index in [0.717, 1.165) is 12.8 Å². The van der Waals surface area contributed by atoms with Gasteiger partial charge in [0.2, 0.25) is 0 Å². The molecule has 0 aliphatic heterocycles. The molecule has 0 spiro atoms. The van der Waals surface area contributed by atoms with Crippen molar-refractivity contribution < 1.29 is 9.90 Å². The first-order chi connectivity index (χ1) is 14.6. The van der Waals surface area contributed by atoms with E-state index in [0.29, 0.717) is 34.9 Å². The van der Waals surface area contributed by atoms with Crippen LogP contribution in [0.2, 0.25) is 0 Å². The molecule has 4 saturated carbocycles. The van der Waals surface area contributed by atoms with Gasteiger partial charge in [0.25, 0.3) is 0 Å². The molecule has 0 aromatic rings. The summed E-state index contributed by atoms with van der Waals surface area (Å²) in [6, 6.07) is 0. The number of aliphatic hydroxyl groups is 1. The Morgan fingerprint density at radius 1 is 0.844 bits per heavy atom. The highest BCUT2D eigenvalue weighted by atomic mass is 16.3. The summed E-state index contributed by atoms with van der Waals surface area (Å²) >= 11 is 0. The first-order valence-electron chi connectivity index (χ1n) is 13.6. The van der Waals surface area contributed by atoms with E-state index in [2.05, 4.69) is 61.5 Å². The Bertz CT molecular complexity index is 866. The van der Waals surface area contributed by atoms with E-state index in [9.17, 15) is 9.90 Å². The first kappa shape index (κ1) is 23.1. The molecule has 0 saturated heterocycles. The molecule has 0 amide bonds. The normalized spacial score (nSPS) is 53.9. The quantitative estimate of drug-likeness (QED) is 0.400. The van der Waals surface area contributed by atoms with Crippen LogP contribution in [0.25, 0.3) is 0 Å². The summed E-state index contributed by atoms with van der Waals surface area (Å²) in [5.41, 5.74) is 2.45. The van der Waals surface area contributed by atoms with Gasteiger partial charge in [-0.2, -0.15) is 0 Å². The second kappa shape index (κ2) is 6.52. The monoisotopic (exact) mass is 440 g/mol. The highest BCUT2D eigenvalue weighted by Crippen LogP contribution is 2.76. The van der Waals surface area contributed by atoms with Crippen molar-refractivity contribution in [1.82, 2.24) is 0 Å². The number of carbonyl (C=O) groups excluding carboxylic acids is 1. The second-order valence-corrected chi connectivity index (χ2v) is 15.1. The number of allylic oxidation sites excluding steroid dienone is 2. The van der Waals surface area contributed by atoms with E-state index in [4.69, 9.17) is 0 Å². The van der Waals surface area contributed by atoms with E-state index >= 15 is 0 Å². The Morgan fingerprint density at radius 3 is 2.19 bits per heavy atom. The van der Waals surface area contributed by atoms with E-state index in [1.807, 2.05) is 0 Å². The van der Waals surface area contributed by atoms with Crippen molar-refractivity contribution in [1.29, 1.82) is 0 Å². The molecule has 0 radical (unpaired) electrons. The van der Waals surface area contributed by atoms with Gasteiger partial charge in [0.1, 0.15) is 5.78 Å². The van der Waals surface area contributed by atoms with Crippen LogP contribution in [0.5, 0.6) is 0 Å². The highest BCUT2D eigenvalue weighted by Gasteiger charge is 2.70. The predicted molar refractivity (Wildman–Crippen MR) is 131 cm³/mol. The molecular weight excluding hydrogens is 392 g/mol. The van der Waals surface area contributed by atoms with Crippen LogP contribution >= 0.6 is 0 Å². The number of rotatable bonds is 0. The lowest BCUT2D eigenvalue weighted by Crippen LogP contribution is -2.68.